The van der Waals surface area contributed by atoms with Crippen molar-refractivity contribution in [2.24, 2.45) is 10.9 Å². The molecule has 7 heteroatoms. The fourth-order valence-electron chi connectivity index (χ4n) is 3.38. The SMILES string of the molecule is CCNC(=NCC(C(C)C)N1CCOCC1)NCC(OC)c1ccccc1.I. The molecule has 28 heavy (non-hydrogen) atoms. The topological polar surface area (TPSA) is 58.1 Å². The van der Waals surface area contributed by atoms with E-state index in [1.54, 1.807) is 7.11 Å². The molecule has 0 aromatic heterocycles. The van der Waals surface area contributed by atoms with Crippen LogP contribution in [0.5, 0.6) is 0 Å². The molecule has 1 aliphatic heterocycles. The van der Waals surface area contributed by atoms with Crippen molar-refractivity contribution in [1.82, 2.24) is 15.5 Å². The molecule has 0 spiro atoms. The normalized spacial score (nSPS) is 17.7. The third-order valence-electron chi connectivity index (χ3n) is 4.98. The Balaban J connectivity index is 0.00000392. The maximum Gasteiger partial charge on any atom is 0.191 e. The molecule has 0 saturated carbocycles. The van der Waals surface area contributed by atoms with Crippen LogP contribution in [0.3, 0.4) is 0 Å². The number of nitrogens with zero attached hydrogens (tertiary/aromatic N) is 2. The molecule has 2 atom stereocenters. The Morgan fingerprint density at radius 3 is 2.43 bits per heavy atom. The molecular formula is C21H37IN4O2. The summed E-state index contributed by atoms with van der Waals surface area (Å²) < 4.78 is 11.2. The van der Waals surface area contributed by atoms with Gasteiger partial charge in [-0.15, -0.1) is 24.0 Å². The van der Waals surface area contributed by atoms with Crippen LogP contribution in [0.25, 0.3) is 0 Å². The van der Waals surface area contributed by atoms with Gasteiger partial charge in [0.2, 0.25) is 0 Å². The zero-order valence-corrected chi connectivity index (χ0v) is 20.0. The zero-order chi connectivity index (χ0) is 19.5. The number of ether oxygens (including phenoxy) is 2. The highest BCUT2D eigenvalue weighted by Gasteiger charge is 2.23. The number of nitrogens with one attached hydrogen (secondary N) is 2. The Morgan fingerprint density at radius 1 is 1.18 bits per heavy atom. The molecule has 1 aromatic carbocycles. The summed E-state index contributed by atoms with van der Waals surface area (Å²) in [5.74, 6) is 1.39. The first kappa shape index (κ1) is 25.1. The standard InChI is InChI=1S/C21H36N4O2.HI/c1-5-22-21(24-16-20(26-4)18-9-7-6-8-10-18)23-15-19(17(2)3)25-11-13-27-14-12-25;/h6-10,17,19-20H,5,11-16H2,1-4H3,(H2,22,23,24);1H. The molecule has 0 aliphatic carbocycles. The third-order valence-corrected chi connectivity index (χ3v) is 4.98. The maximum atomic E-state index is 5.66. The number of aliphatic imine (C=N–C) groups is 1. The number of benzene rings is 1. The van der Waals surface area contributed by atoms with E-state index in [2.05, 4.69) is 48.4 Å². The summed E-state index contributed by atoms with van der Waals surface area (Å²) in [5.41, 5.74) is 1.16. The van der Waals surface area contributed by atoms with Crippen LogP contribution in [0.1, 0.15) is 32.4 Å². The maximum absolute atomic E-state index is 5.66. The van der Waals surface area contributed by atoms with Gasteiger partial charge in [-0.3, -0.25) is 9.89 Å². The highest BCUT2D eigenvalue weighted by molar-refractivity contribution is 14.0. The number of methoxy groups -OCH3 is 1. The quantitative estimate of drug-likeness (QED) is 0.308. The van der Waals surface area contributed by atoms with E-state index in [0.717, 1.165) is 50.9 Å². The molecule has 1 aliphatic rings. The highest BCUT2D eigenvalue weighted by atomic mass is 127. The summed E-state index contributed by atoms with van der Waals surface area (Å²) >= 11 is 0. The molecule has 0 bridgehead atoms. The van der Waals surface area contributed by atoms with Crippen LogP contribution in [-0.4, -0.2) is 69.9 Å². The number of guanidine groups is 1. The number of hydrogen-bond donors (Lipinski definition) is 2. The lowest BCUT2D eigenvalue weighted by Crippen LogP contribution is -2.48. The largest absolute Gasteiger partial charge is 0.379 e. The molecule has 0 radical (unpaired) electrons. The zero-order valence-electron chi connectivity index (χ0n) is 17.7. The first-order valence-corrected chi connectivity index (χ1v) is 10.1. The van der Waals surface area contributed by atoms with Crippen LogP contribution in [-0.2, 0) is 9.47 Å². The van der Waals surface area contributed by atoms with E-state index in [0.29, 0.717) is 18.5 Å². The molecule has 2 rings (SSSR count). The van der Waals surface area contributed by atoms with E-state index in [1.165, 1.54) is 0 Å². The van der Waals surface area contributed by atoms with E-state index in [9.17, 15) is 0 Å². The van der Waals surface area contributed by atoms with Crippen molar-refractivity contribution in [2.45, 2.75) is 32.9 Å². The molecule has 6 nitrogen and oxygen atoms in total. The summed E-state index contributed by atoms with van der Waals surface area (Å²) in [4.78, 5) is 7.37. The van der Waals surface area contributed by atoms with Crippen molar-refractivity contribution in [2.75, 3.05) is 53.0 Å². The monoisotopic (exact) mass is 504 g/mol. The summed E-state index contributed by atoms with van der Waals surface area (Å²) in [5, 5.41) is 6.79. The summed E-state index contributed by atoms with van der Waals surface area (Å²) in [6.45, 7) is 12.5. The molecule has 2 unspecified atom stereocenters. The lowest BCUT2D eigenvalue weighted by atomic mass is 10.0. The molecule has 160 valence electrons. The van der Waals surface area contributed by atoms with Gasteiger partial charge in [0.25, 0.3) is 0 Å². The lowest BCUT2D eigenvalue weighted by Gasteiger charge is -2.36. The average molecular weight is 504 g/mol. The molecule has 1 saturated heterocycles. The van der Waals surface area contributed by atoms with Crippen LogP contribution in [0.15, 0.2) is 35.3 Å². The van der Waals surface area contributed by atoms with Crippen LogP contribution >= 0.6 is 24.0 Å². The van der Waals surface area contributed by atoms with Gasteiger partial charge in [-0.2, -0.15) is 0 Å². The molecule has 0 amide bonds. The van der Waals surface area contributed by atoms with Crippen molar-refractivity contribution in [3.8, 4) is 0 Å². The van der Waals surface area contributed by atoms with E-state index in [-0.39, 0.29) is 30.1 Å². The van der Waals surface area contributed by atoms with Gasteiger partial charge in [0.05, 0.1) is 25.9 Å². The second kappa shape index (κ2) is 14.1. The van der Waals surface area contributed by atoms with Crippen molar-refractivity contribution >= 4 is 29.9 Å². The van der Waals surface area contributed by atoms with Gasteiger partial charge in [0.15, 0.2) is 5.96 Å². The lowest BCUT2D eigenvalue weighted by molar-refractivity contribution is 0.00866. The van der Waals surface area contributed by atoms with Crippen LogP contribution in [0, 0.1) is 5.92 Å². The molecular weight excluding hydrogens is 467 g/mol. The second-order valence-corrected chi connectivity index (χ2v) is 7.20. The molecule has 2 N–H and O–H groups in total. The van der Waals surface area contributed by atoms with Gasteiger partial charge < -0.3 is 20.1 Å². The number of morpholine rings is 1. The fraction of sp³-hybridized carbons (Fsp3) is 0.667. The Morgan fingerprint density at radius 2 is 1.86 bits per heavy atom. The van der Waals surface area contributed by atoms with Gasteiger partial charge in [-0.05, 0) is 18.4 Å². The smallest absolute Gasteiger partial charge is 0.191 e. The molecule has 1 aromatic rings. The third kappa shape index (κ3) is 8.23. The highest BCUT2D eigenvalue weighted by Crippen LogP contribution is 2.15. The van der Waals surface area contributed by atoms with E-state index in [1.807, 2.05) is 18.2 Å². The van der Waals surface area contributed by atoms with Crippen LogP contribution in [0.2, 0.25) is 0 Å². The van der Waals surface area contributed by atoms with E-state index >= 15 is 0 Å². The van der Waals surface area contributed by atoms with Crippen molar-refractivity contribution in [1.29, 1.82) is 0 Å². The van der Waals surface area contributed by atoms with Gasteiger partial charge in [-0.25, -0.2) is 0 Å². The summed E-state index contributed by atoms with van der Waals surface area (Å²) in [6, 6.07) is 10.7. The second-order valence-electron chi connectivity index (χ2n) is 7.20. The minimum absolute atomic E-state index is 0. The molecule has 1 fully saturated rings. The first-order chi connectivity index (χ1) is 13.2. The summed E-state index contributed by atoms with van der Waals surface area (Å²) in [7, 11) is 1.75. The van der Waals surface area contributed by atoms with Gasteiger partial charge >= 0.3 is 0 Å². The van der Waals surface area contributed by atoms with Gasteiger partial charge in [0, 0.05) is 39.3 Å². The fourth-order valence-corrected chi connectivity index (χ4v) is 3.38. The number of rotatable bonds is 9. The van der Waals surface area contributed by atoms with Crippen molar-refractivity contribution < 1.29 is 9.47 Å². The van der Waals surface area contributed by atoms with Crippen LogP contribution < -0.4 is 10.6 Å². The predicted octanol–water partition coefficient (Wildman–Crippen LogP) is 2.90. The Hall–Kier alpha value is -0.900. The molecule has 1 heterocycles. The Labute approximate surface area is 187 Å². The van der Waals surface area contributed by atoms with Gasteiger partial charge in [0.1, 0.15) is 0 Å². The average Bonchev–Trinajstić information content (AvgIpc) is 2.70. The number of halogens is 1. The predicted molar refractivity (Wildman–Crippen MR) is 127 cm³/mol. The first-order valence-electron chi connectivity index (χ1n) is 10.1. The number of hydrogen-bond acceptors (Lipinski definition) is 4. The van der Waals surface area contributed by atoms with Gasteiger partial charge in [-0.1, -0.05) is 44.2 Å². The van der Waals surface area contributed by atoms with E-state index in [4.69, 9.17) is 14.5 Å². The Kier molecular flexibility index (Phi) is 12.7. The van der Waals surface area contributed by atoms with E-state index < -0.39 is 0 Å². The minimum atomic E-state index is -0.00445. The van der Waals surface area contributed by atoms with Crippen LogP contribution in [0.4, 0.5) is 0 Å². The van der Waals surface area contributed by atoms with Crippen molar-refractivity contribution in [3.63, 3.8) is 0 Å². The summed E-state index contributed by atoms with van der Waals surface area (Å²) in [6.07, 6.45) is -0.00445. The Bertz CT molecular complexity index is 551. The minimum Gasteiger partial charge on any atom is -0.379 e. The van der Waals surface area contributed by atoms with Crippen molar-refractivity contribution in [3.05, 3.63) is 35.9 Å².